The molecule has 0 aliphatic rings. The van der Waals surface area contributed by atoms with Gasteiger partial charge in [-0.3, -0.25) is 14.4 Å². The maximum atomic E-state index is 13.0. The Hall–Kier alpha value is -3.67. The number of carbonyl (C=O) groups excluding carboxylic acids is 3. The van der Waals surface area contributed by atoms with Gasteiger partial charge in [0, 0.05) is 19.3 Å². The van der Waals surface area contributed by atoms with Crippen molar-refractivity contribution in [2.75, 3.05) is 13.2 Å². The Bertz CT molecular complexity index is 1610. The fourth-order valence-electron chi connectivity index (χ4n) is 10.2. The lowest BCUT2D eigenvalue weighted by molar-refractivity contribution is -0.167. The van der Waals surface area contributed by atoms with E-state index in [1.807, 2.05) is 0 Å². The van der Waals surface area contributed by atoms with Crippen molar-refractivity contribution in [1.82, 2.24) is 0 Å². The summed E-state index contributed by atoms with van der Waals surface area (Å²) in [4.78, 5) is 38.5. The molecule has 0 aromatic rings. The number of carbonyl (C=O) groups is 3. The van der Waals surface area contributed by atoms with Crippen molar-refractivity contribution in [3.05, 3.63) is 97.2 Å². The molecule has 6 heteroatoms. The highest BCUT2D eigenvalue weighted by molar-refractivity contribution is 5.71. The van der Waals surface area contributed by atoms with Gasteiger partial charge in [-0.1, -0.05) is 330 Å². The molecule has 0 aromatic heterocycles. The summed E-state index contributed by atoms with van der Waals surface area (Å²) in [6.07, 6.45) is 95.7. The fourth-order valence-corrected chi connectivity index (χ4v) is 10.2. The van der Waals surface area contributed by atoms with E-state index < -0.39 is 6.10 Å². The van der Waals surface area contributed by atoms with E-state index in [0.717, 1.165) is 109 Å². The number of unbranched alkanes of at least 4 members (excludes halogenated alkanes) is 38. The van der Waals surface area contributed by atoms with Gasteiger partial charge in [0.25, 0.3) is 0 Å². The highest BCUT2D eigenvalue weighted by Crippen LogP contribution is 2.17. The van der Waals surface area contributed by atoms with E-state index in [-0.39, 0.29) is 31.1 Å². The molecule has 6 nitrogen and oxygen atoms in total. The Morgan fingerprint density at radius 1 is 0.253 bits per heavy atom. The summed E-state index contributed by atoms with van der Waals surface area (Å²) in [5, 5.41) is 0. The first kappa shape index (κ1) is 79.3. The van der Waals surface area contributed by atoms with Crippen LogP contribution < -0.4 is 0 Å². The average molecular weight is 1160 g/mol. The number of allylic oxidation sites excluding steroid dienone is 16. The molecule has 0 aliphatic carbocycles. The van der Waals surface area contributed by atoms with Crippen LogP contribution in [0.4, 0.5) is 0 Å². The fraction of sp³-hybridized carbons (Fsp3) is 0.753. The third-order valence-corrected chi connectivity index (χ3v) is 15.6. The zero-order valence-electron chi connectivity index (χ0n) is 54.9. The molecule has 0 fully saturated rings. The minimum Gasteiger partial charge on any atom is -0.462 e. The van der Waals surface area contributed by atoms with Crippen LogP contribution in [0, 0.1) is 0 Å². The highest BCUT2D eigenvalue weighted by atomic mass is 16.6. The molecule has 0 radical (unpaired) electrons. The van der Waals surface area contributed by atoms with E-state index in [1.54, 1.807) is 0 Å². The smallest absolute Gasteiger partial charge is 0.306 e. The highest BCUT2D eigenvalue weighted by Gasteiger charge is 2.19. The molecule has 1 atom stereocenters. The van der Waals surface area contributed by atoms with Crippen molar-refractivity contribution < 1.29 is 28.6 Å². The van der Waals surface area contributed by atoms with Crippen LogP contribution in [0.25, 0.3) is 0 Å². The molecule has 0 saturated carbocycles. The third kappa shape index (κ3) is 69.0. The predicted molar refractivity (Wildman–Crippen MR) is 362 cm³/mol. The number of rotatable bonds is 65. The van der Waals surface area contributed by atoms with Gasteiger partial charge in [0.05, 0.1) is 0 Å². The van der Waals surface area contributed by atoms with Crippen LogP contribution in [0.2, 0.25) is 0 Å². The SMILES string of the molecule is CC/C=C\C/C=C\C/C=C\C/C=C\C/C=C\C/C=C\C/C=C\CCCCCCCCCC(=O)OCC(COC(=O)CCCCCCCCCCCCCCCCCCCC)OC(=O)CCCCCCCCC/C=C\CCCCCCCCC. The van der Waals surface area contributed by atoms with E-state index in [0.29, 0.717) is 19.3 Å². The van der Waals surface area contributed by atoms with Crippen LogP contribution in [0.1, 0.15) is 355 Å². The molecule has 0 heterocycles. The third-order valence-electron chi connectivity index (χ3n) is 15.6. The first-order chi connectivity index (χ1) is 41.0. The van der Waals surface area contributed by atoms with Crippen molar-refractivity contribution in [2.24, 2.45) is 0 Å². The Balaban J connectivity index is 4.36. The number of hydrogen-bond donors (Lipinski definition) is 0. The summed E-state index contributed by atoms with van der Waals surface area (Å²) >= 11 is 0. The van der Waals surface area contributed by atoms with Gasteiger partial charge in [-0.2, -0.15) is 0 Å². The summed E-state index contributed by atoms with van der Waals surface area (Å²) in [6, 6.07) is 0. The van der Waals surface area contributed by atoms with E-state index in [1.165, 1.54) is 205 Å². The molecule has 1 unspecified atom stereocenters. The molecule has 0 aliphatic heterocycles. The molecular formula is C77H134O6. The zero-order valence-corrected chi connectivity index (χ0v) is 54.9. The van der Waals surface area contributed by atoms with Crippen LogP contribution in [0.5, 0.6) is 0 Å². The lowest BCUT2D eigenvalue weighted by atomic mass is 10.0. The summed E-state index contributed by atoms with van der Waals surface area (Å²) in [5.41, 5.74) is 0. The second-order valence-electron chi connectivity index (χ2n) is 23.8. The predicted octanol–water partition coefficient (Wildman–Crippen LogP) is 24.8. The quantitative estimate of drug-likeness (QED) is 0.0261. The van der Waals surface area contributed by atoms with E-state index in [4.69, 9.17) is 14.2 Å². The molecule has 0 amide bonds. The molecule has 0 saturated heterocycles. The van der Waals surface area contributed by atoms with Crippen LogP contribution in [-0.2, 0) is 28.6 Å². The van der Waals surface area contributed by atoms with Crippen LogP contribution >= 0.6 is 0 Å². The van der Waals surface area contributed by atoms with Crippen LogP contribution in [-0.4, -0.2) is 37.2 Å². The number of esters is 3. The first-order valence-corrected chi connectivity index (χ1v) is 35.7. The van der Waals surface area contributed by atoms with Crippen molar-refractivity contribution in [3.63, 3.8) is 0 Å². The molecule has 478 valence electrons. The average Bonchev–Trinajstić information content (AvgIpc) is 3.49. The monoisotopic (exact) mass is 1160 g/mol. The van der Waals surface area contributed by atoms with E-state index >= 15 is 0 Å². The van der Waals surface area contributed by atoms with Gasteiger partial charge in [-0.05, 0) is 103 Å². The van der Waals surface area contributed by atoms with Gasteiger partial charge in [-0.25, -0.2) is 0 Å². The van der Waals surface area contributed by atoms with Gasteiger partial charge >= 0.3 is 17.9 Å². The normalized spacial score (nSPS) is 12.7. The molecule has 0 rings (SSSR count). The lowest BCUT2D eigenvalue weighted by Gasteiger charge is -2.18. The number of hydrogen-bond acceptors (Lipinski definition) is 6. The van der Waals surface area contributed by atoms with Crippen LogP contribution in [0.15, 0.2) is 97.2 Å². The van der Waals surface area contributed by atoms with Gasteiger partial charge in [0.15, 0.2) is 6.10 Å². The second-order valence-corrected chi connectivity index (χ2v) is 23.8. The summed E-state index contributed by atoms with van der Waals surface area (Å²) in [5.74, 6) is -0.876. The van der Waals surface area contributed by atoms with Gasteiger partial charge < -0.3 is 14.2 Å². The summed E-state index contributed by atoms with van der Waals surface area (Å²) < 4.78 is 17.0. The topological polar surface area (TPSA) is 78.9 Å². The van der Waals surface area contributed by atoms with Gasteiger partial charge in [0.2, 0.25) is 0 Å². The Morgan fingerprint density at radius 2 is 0.470 bits per heavy atom. The van der Waals surface area contributed by atoms with Crippen molar-refractivity contribution in [3.8, 4) is 0 Å². The molecule has 83 heavy (non-hydrogen) atoms. The van der Waals surface area contributed by atoms with E-state index in [2.05, 4.69) is 118 Å². The molecule has 0 bridgehead atoms. The Kier molecular flexibility index (Phi) is 67.7. The minimum atomic E-state index is -0.785. The van der Waals surface area contributed by atoms with Gasteiger partial charge in [0.1, 0.15) is 13.2 Å². The Labute approximate surface area is 515 Å². The van der Waals surface area contributed by atoms with Crippen molar-refractivity contribution in [1.29, 1.82) is 0 Å². The maximum Gasteiger partial charge on any atom is 0.306 e. The largest absolute Gasteiger partial charge is 0.462 e. The number of ether oxygens (including phenoxy) is 3. The van der Waals surface area contributed by atoms with Crippen molar-refractivity contribution >= 4 is 17.9 Å². The standard InChI is InChI=1S/C77H134O6/c1-4-7-10-13-16-19-22-25-28-31-34-35-36-37-38-39-40-41-42-43-44-47-49-52-55-58-61-64-67-70-76(79)82-73-74(83-77(80)71-68-65-62-59-56-53-50-46-33-30-27-24-21-18-15-12-9-6-3)72-81-75(78)69-66-63-60-57-54-51-48-45-32-29-26-23-20-17-14-11-8-5-2/h7,10,16,19,25,28,30,33-35,37-38,40-41,43-44,74H,4-6,8-9,11-15,17-18,20-24,26-27,29,31-32,36,39,42,45-73H2,1-3H3/b10-7-,19-16-,28-25-,33-30-,35-34-,38-37-,41-40-,44-43-. The first-order valence-electron chi connectivity index (χ1n) is 35.7. The zero-order chi connectivity index (χ0) is 59.9. The molecular weight excluding hydrogens is 1020 g/mol. The van der Waals surface area contributed by atoms with Gasteiger partial charge in [-0.15, -0.1) is 0 Å². The second kappa shape index (κ2) is 70.8. The molecule has 0 aromatic carbocycles. The minimum absolute atomic E-state index is 0.0789. The summed E-state index contributed by atoms with van der Waals surface area (Å²) in [6.45, 7) is 6.56. The summed E-state index contributed by atoms with van der Waals surface area (Å²) in [7, 11) is 0. The maximum absolute atomic E-state index is 13.0. The van der Waals surface area contributed by atoms with Crippen LogP contribution in [0.3, 0.4) is 0 Å². The molecule has 0 N–H and O–H groups in total. The molecule has 0 spiro atoms. The lowest BCUT2D eigenvalue weighted by Crippen LogP contribution is -2.30. The Morgan fingerprint density at radius 3 is 0.747 bits per heavy atom. The van der Waals surface area contributed by atoms with Crippen molar-refractivity contribution in [2.45, 2.75) is 361 Å². The van der Waals surface area contributed by atoms with E-state index in [9.17, 15) is 14.4 Å².